The molecule has 0 aliphatic rings. The third-order valence-electron chi connectivity index (χ3n) is 2.88. The van der Waals surface area contributed by atoms with Crippen molar-refractivity contribution in [3.63, 3.8) is 0 Å². The van der Waals surface area contributed by atoms with E-state index >= 15 is 0 Å². The average molecular weight is 275 g/mol. The lowest BCUT2D eigenvalue weighted by Gasteiger charge is -2.05. The van der Waals surface area contributed by atoms with E-state index in [4.69, 9.17) is 5.11 Å². The van der Waals surface area contributed by atoms with E-state index < -0.39 is 0 Å². The second kappa shape index (κ2) is 6.76. The third-order valence-corrected chi connectivity index (χ3v) is 2.88. The van der Waals surface area contributed by atoms with Gasteiger partial charge in [-0.05, 0) is 31.9 Å². The molecule has 2 rings (SSSR count). The summed E-state index contributed by atoms with van der Waals surface area (Å²) in [6, 6.07) is 5.31. The van der Waals surface area contributed by atoms with Crippen molar-refractivity contribution >= 4 is 11.7 Å². The molecule has 7 nitrogen and oxygen atoms in total. The zero-order valence-electron chi connectivity index (χ0n) is 11.3. The quantitative estimate of drug-likeness (QED) is 0.803. The zero-order valence-corrected chi connectivity index (χ0v) is 11.3. The second-order valence-corrected chi connectivity index (χ2v) is 4.37. The van der Waals surface area contributed by atoms with E-state index in [-0.39, 0.29) is 19.1 Å². The predicted octanol–water partition coefficient (Wildman–Crippen LogP) is 0.545. The maximum absolute atomic E-state index is 11.9. The highest BCUT2D eigenvalue weighted by Crippen LogP contribution is 2.07. The van der Waals surface area contributed by atoms with Gasteiger partial charge < -0.3 is 10.4 Å². The highest BCUT2D eigenvalue weighted by atomic mass is 16.2. The van der Waals surface area contributed by atoms with Crippen LogP contribution < -0.4 is 5.32 Å². The first-order chi connectivity index (χ1) is 9.70. The minimum absolute atomic E-state index is 0.0918. The van der Waals surface area contributed by atoms with Crippen molar-refractivity contribution in [2.24, 2.45) is 0 Å². The molecule has 2 N–H and O–H groups in total. The van der Waals surface area contributed by atoms with Crippen LogP contribution in [0, 0.1) is 6.92 Å². The minimum atomic E-state index is -0.203. The van der Waals surface area contributed by atoms with Gasteiger partial charge >= 0.3 is 0 Å². The number of carbonyl (C=O) groups is 1. The molecule has 0 atom stereocenters. The largest absolute Gasteiger partial charge is 0.396 e. The van der Waals surface area contributed by atoms with Gasteiger partial charge in [-0.1, -0.05) is 11.3 Å². The molecular weight excluding hydrogens is 258 g/mol. The van der Waals surface area contributed by atoms with Crippen LogP contribution >= 0.6 is 0 Å². The van der Waals surface area contributed by atoms with Crippen LogP contribution in [0.5, 0.6) is 0 Å². The molecule has 7 heteroatoms. The molecular formula is C13H17N5O2. The Morgan fingerprint density at radius 3 is 3.00 bits per heavy atom. The number of aryl methyl sites for hydroxylation is 1. The zero-order chi connectivity index (χ0) is 14.4. The highest BCUT2D eigenvalue weighted by Gasteiger charge is 2.11. The number of hydrogen-bond donors (Lipinski definition) is 2. The standard InChI is InChI=1S/C13H17N5O2/c1-10-11(5-4-8-19)16-17-18(10)9-13(20)15-12-6-2-3-7-14-12/h2-3,6-7,19H,4-5,8-9H2,1H3,(H,14,15,20). The van der Waals surface area contributed by atoms with Gasteiger partial charge in [0.2, 0.25) is 5.91 Å². The number of pyridine rings is 1. The minimum Gasteiger partial charge on any atom is -0.396 e. The summed E-state index contributed by atoms with van der Waals surface area (Å²) in [6.45, 7) is 2.07. The van der Waals surface area contributed by atoms with Crippen LogP contribution in [-0.2, 0) is 17.8 Å². The Labute approximate surface area is 116 Å². The Balaban J connectivity index is 1.96. The number of aromatic nitrogens is 4. The Morgan fingerprint density at radius 1 is 1.45 bits per heavy atom. The van der Waals surface area contributed by atoms with E-state index in [1.54, 1.807) is 29.1 Å². The van der Waals surface area contributed by atoms with E-state index in [1.807, 2.05) is 6.92 Å². The van der Waals surface area contributed by atoms with E-state index in [9.17, 15) is 4.79 Å². The van der Waals surface area contributed by atoms with Crippen molar-refractivity contribution in [3.8, 4) is 0 Å². The fourth-order valence-electron chi connectivity index (χ4n) is 1.78. The van der Waals surface area contributed by atoms with Crippen LogP contribution in [0.15, 0.2) is 24.4 Å². The molecule has 2 aromatic rings. The lowest BCUT2D eigenvalue weighted by Crippen LogP contribution is -2.20. The number of anilines is 1. The fraction of sp³-hybridized carbons (Fsp3) is 0.385. The summed E-state index contributed by atoms with van der Waals surface area (Å²) in [6.07, 6.45) is 2.91. The number of hydrogen-bond acceptors (Lipinski definition) is 5. The maximum atomic E-state index is 11.9. The number of nitrogens with one attached hydrogen (secondary N) is 1. The summed E-state index contributed by atoms with van der Waals surface area (Å²) in [5.41, 5.74) is 1.65. The fourth-order valence-corrected chi connectivity index (χ4v) is 1.78. The lowest BCUT2D eigenvalue weighted by atomic mass is 10.2. The number of aliphatic hydroxyl groups is 1. The Hall–Kier alpha value is -2.28. The molecule has 2 heterocycles. The summed E-state index contributed by atoms with van der Waals surface area (Å²) in [5, 5.41) is 19.5. The van der Waals surface area contributed by atoms with Gasteiger partial charge in [0.05, 0.1) is 11.4 Å². The Bertz CT molecular complexity index is 567. The molecule has 0 saturated heterocycles. The van der Waals surface area contributed by atoms with E-state index in [0.717, 1.165) is 11.4 Å². The monoisotopic (exact) mass is 275 g/mol. The van der Waals surface area contributed by atoms with Crippen LogP contribution in [0.1, 0.15) is 17.8 Å². The van der Waals surface area contributed by atoms with Gasteiger partial charge in [-0.2, -0.15) is 0 Å². The summed E-state index contributed by atoms with van der Waals surface area (Å²) in [5.74, 6) is 0.307. The number of amides is 1. The molecule has 2 aromatic heterocycles. The van der Waals surface area contributed by atoms with Gasteiger partial charge in [-0.25, -0.2) is 9.67 Å². The number of aliphatic hydroxyl groups excluding tert-OH is 1. The van der Waals surface area contributed by atoms with Crippen molar-refractivity contribution in [2.45, 2.75) is 26.3 Å². The van der Waals surface area contributed by atoms with E-state index in [1.165, 1.54) is 0 Å². The summed E-state index contributed by atoms with van der Waals surface area (Å²) < 4.78 is 1.55. The summed E-state index contributed by atoms with van der Waals surface area (Å²) >= 11 is 0. The number of carbonyl (C=O) groups excluding carboxylic acids is 1. The van der Waals surface area contributed by atoms with Crippen molar-refractivity contribution in [3.05, 3.63) is 35.8 Å². The van der Waals surface area contributed by atoms with Gasteiger partial charge in [-0.3, -0.25) is 4.79 Å². The van der Waals surface area contributed by atoms with Gasteiger partial charge in [0.1, 0.15) is 12.4 Å². The third kappa shape index (κ3) is 3.61. The van der Waals surface area contributed by atoms with E-state index in [0.29, 0.717) is 18.7 Å². The van der Waals surface area contributed by atoms with Crippen molar-refractivity contribution in [1.29, 1.82) is 0 Å². The van der Waals surface area contributed by atoms with Gasteiger partial charge in [0, 0.05) is 12.8 Å². The summed E-state index contributed by atoms with van der Waals surface area (Å²) in [4.78, 5) is 15.9. The van der Waals surface area contributed by atoms with Crippen LogP contribution in [0.4, 0.5) is 5.82 Å². The molecule has 0 bridgehead atoms. The molecule has 0 radical (unpaired) electrons. The lowest BCUT2D eigenvalue weighted by molar-refractivity contribution is -0.117. The molecule has 0 aliphatic carbocycles. The smallest absolute Gasteiger partial charge is 0.247 e. The van der Waals surface area contributed by atoms with Gasteiger partial charge in [0.25, 0.3) is 0 Å². The molecule has 0 saturated carbocycles. The first kappa shape index (κ1) is 14.1. The Kier molecular flexibility index (Phi) is 4.78. The maximum Gasteiger partial charge on any atom is 0.247 e. The average Bonchev–Trinajstić information content (AvgIpc) is 2.78. The van der Waals surface area contributed by atoms with Crippen molar-refractivity contribution in [1.82, 2.24) is 20.0 Å². The van der Waals surface area contributed by atoms with Gasteiger partial charge in [0.15, 0.2) is 0 Å². The molecule has 20 heavy (non-hydrogen) atoms. The normalized spacial score (nSPS) is 10.5. The number of nitrogens with zero attached hydrogens (tertiary/aromatic N) is 4. The van der Waals surface area contributed by atoms with Crippen LogP contribution in [0.25, 0.3) is 0 Å². The molecule has 0 fully saturated rings. The Morgan fingerprint density at radius 2 is 2.30 bits per heavy atom. The van der Waals surface area contributed by atoms with Crippen LogP contribution in [-0.4, -0.2) is 37.6 Å². The van der Waals surface area contributed by atoms with Crippen molar-refractivity contribution < 1.29 is 9.90 Å². The molecule has 1 amide bonds. The van der Waals surface area contributed by atoms with Crippen LogP contribution in [0.3, 0.4) is 0 Å². The number of rotatable bonds is 6. The molecule has 0 unspecified atom stereocenters. The molecule has 0 aromatic carbocycles. The van der Waals surface area contributed by atoms with Gasteiger partial charge in [-0.15, -0.1) is 5.10 Å². The van der Waals surface area contributed by atoms with Crippen LogP contribution in [0.2, 0.25) is 0 Å². The predicted molar refractivity (Wildman–Crippen MR) is 73.0 cm³/mol. The highest BCUT2D eigenvalue weighted by molar-refractivity contribution is 5.89. The van der Waals surface area contributed by atoms with E-state index in [2.05, 4.69) is 20.6 Å². The molecule has 0 spiro atoms. The topological polar surface area (TPSA) is 92.9 Å². The van der Waals surface area contributed by atoms with Crippen molar-refractivity contribution in [2.75, 3.05) is 11.9 Å². The summed E-state index contributed by atoms with van der Waals surface area (Å²) in [7, 11) is 0. The second-order valence-electron chi connectivity index (χ2n) is 4.37. The SMILES string of the molecule is Cc1c(CCCO)nnn1CC(=O)Nc1ccccn1. The first-order valence-corrected chi connectivity index (χ1v) is 6.41. The first-order valence-electron chi connectivity index (χ1n) is 6.41. The molecule has 0 aliphatic heterocycles. The molecule has 106 valence electrons.